The quantitative estimate of drug-likeness (QED) is 0.659. The molecule has 0 aliphatic heterocycles. The van der Waals surface area contributed by atoms with E-state index in [1.165, 1.54) is 17.3 Å². The molecule has 0 heterocycles. The SMILES string of the molecule is CCC[CH2][SnH2][c]1ccccc1C(=O)O. The van der Waals surface area contributed by atoms with Crippen molar-refractivity contribution in [1.29, 1.82) is 0 Å². The van der Waals surface area contributed by atoms with E-state index in [9.17, 15) is 4.79 Å². The fourth-order valence-electron chi connectivity index (χ4n) is 1.51. The predicted octanol–water partition coefficient (Wildman–Crippen LogP) is 1.40. The van der Waals surface area contributed by atoms with Crippen LogP contribution in [0.1, 0.15) is 30.1 Å². The van der Waals surface area contributed by atoms with Crippen LogP contribution in [0.5, 0.6) is 0 Å². The monoisotopic (exact) mass is 300 g/mol. The molecule has 1 aromatic carbocycles. The van der Waals surface area contributed by atoms with E-state index in [-0.39, 0.29) is 0 Å². The Morgan fingerprint density at radius 1 is 1.43 bits per heavy atom. The second kappa shape index (κ2) is 6.06. The second-order valence-corrected chi connectivity index (χ2v) is 9.04. The van der Waals surface area contributed by atoms with Crippen LogP contribution in [-0.4, -0.2) is 32.2 Å². The van der Waals surface area contributed by atoms with Crippen LogP contribution in [0.15, 0.2) is 24.3 Å². The third-order valence-corrected chi connectivity index (χ3v) is 8.03. The molecule has 14 heavy (non-hydrogen) atoms. The Bertz CT molecular complexity index is 310. The molecule has 2 nitrogen and oxygen atoms in total. The Balaban J connectivity index is 2.69. The number of hydrogen-bond donors (Lipinski definition) is 1. The summed E-state index contributed by atoms with van der Waals surface area (Å²) in [6.07, 6.45) is 2.47. The van der Waals surface area contributed by atoms with Crippen molar-refractivity contribution in [1.82, 2.24) is 0 Å². The van der Waals surface area contributed by atoms with E-state index in [2.05, 4.69) is 6.92 Å². The first kappa shape index (κ1) is 11.6. The average Bonchev–Trinajstić information content (AvgIpc) is 2.19. The summed E-state index contributed by atoms with van der Waals surface area (Å²) >= 11 is -1.01. The molecule has 76 valence electrons. The van der Waals surface area contributed by atoms with Crippen LogP contribution in [-0.2, 0) is 0 Å². The van der Waals surface area contributed by atoms with Crippen molar-refractivity contribution in [2.24, 2.45) is 0 Å². The van der Waals surface area contributed by atoms with Crippen LogP contribution in [0.25, 0.3) is 0 Å². The first-order chi connectivity index (χ1) is 6.75. The van der Waals surface area contributed by atoms with Crippen LogP contribution in [0.4, 0.5) is 0 Å². The maximum absolute atomic E-state index is 10.9. The molecule has 3 heteroatoms. The predicted molar refractivity (Wildman–Crippen MR) is 61.3 cm³/mol. The van der Waals surface area contributed by atoms with Crippen molar-refractivity contribution in [2.75, 3.05) is 0 Å². The van der Waals surface area contributed by atoms with E-state index in [1.807, 2.05) is 12.1 Å². The van der Waals surface area contributed by atoms with E-state index < -0.39 is 27.1 Å². The van der Waals surface area contributed by atoms with Crippen molar-refractivity contribution in [3.63, 3.8) is 0 Å². The van der Waals surface area contributed by atoms with E-state index in [1.54, 1.807) is 12.1 Å². The molecule has 0 spiro atoms. The Morgan fingerprint density at radius 3 is 2.79 bits per heavy atom. The summed E-state index contributed by atoms with van der Waals surface area (Å²) in [4.78, 5) is 10.9. The summed E-state index contributed by atoms with van der Waals surface area (Å²) in [5.41, 5.74) is 0.541. The van der Waals surface area contributed by atoms with Crippen LogP contribution in [0.3, 0.4) is 0 Å². The van der Waals surface area contributed by atoms with E-state index in [0.29, 0.717) is 5.56 Å². The van der Waals surface area contributed by atoms with E-state index in [0.717, 1.165) is 3.58 Å². The molecule has 0 unspecified atom stereocenters. The molecule has 0 atom stereocenters. The number of carboxylic acids is 1. The van der Waals surface area contributed by atoms with Gasteiger partial charge in [0.25, 0.3) is 0 Å². The van der Waals surface area contributed by atoms with Gasteiger partial charge in [-0.25, -0.2) is 0 Å². The molecule has 0 amide bonds. The molecule has 0 aliphatic rings. The van der Waals surface area contributed by atoms with Gasteiger partial charge in [-0.2, -0.15) is 0 Å². The number of rotatable bonds is 5. The molecule has 0 bridgehead atoms. The van der Waals surface area contributed by atoms with Crippen molar-refractivity contribution in [2.45, 2.75) is 24.2 Å². The minimum atomic E-state index is -1.01. The molecule has 0 saturated carbocycles. The number of unbranched alkanes of at least 4 members (excludes halogenated alkanes) is 1. The third kappa shape index (κ3) is 3.33. The van der Waals surface area contributed by atoms with Crippen molar-refractivity contribution < 1.29 is 9.90 Å². The van der Waals surface area contributed by atoms with Crippen molar-refractivity contribution in [3.8, 4) is 0 Å². The molecular formula is C11H16O2Sn. The Morgan fingerprint density at radius 2 is 2.14 bits per heavy atom. The van der Waals surface area contributed by atoms with Crippen LogP contribution < -0.4 is 3.58 Å². The fourth-order valence-corrected chi connectivity index (χ4v) is 7.14. The summed E-state index contributed by atoms with van der Waals surface area (Å²) in [6.45, 7) is 2.18. The van der Waals surface area contributed by atoms with Gasteiger partial charge in [0.1, 0.15) is 0 Å². The van der Waals surface area contributed by atoms with Gasteiger partial charge in [0.2, 0.25) is 0 Å². The standard InChI is InChI=1S/C7H5O2.C4H9.Sn.2H/c8-7(9)6-4-2-1-3-5-6;1-3-4-2;;;/h1-4H,(H,8,9);1,3-4H2,2H3;;;. The van der Waals surface area contributed by atoms with Crippen LogP contribution >= 0.6 is 0 Å². The molecule has 0 saturated heterocycles. The number of aromatic carboxylic acids is 1. The van der Waals surface area contributed by atoms with Crippen molar-refractivity contribution >= 4 is 30.7 Å². The summed E-state index contributed by atoms with van der Waals surface area (Å²) in [5.74, 6) is -0.770. The van der Waals surface area contributed by atoms with Gasteiger partial charge in [-0.3, -0.25) is 0 Å². The molecule has 1 N–H and O–H groups in total. The van der Waals surface area contributed by atoms with Gasteiger partial charge in [0.05, 0.1) is 0 Å². The molecule has 1 aromatic rings. The van der Waals surface area contributed by atoms with Gasteiger partial charge >= 0.3 is 94.6 Å². The zero-order chi connectivity index (χ0) is 10.4. The summed E-state index contributed by atoms with van der Waals surface area (Å²) in [7, 11) is 0. The van der Waals surface area contributed by atoms with Gasteiger partial charge in [0.15, 0.2) is 0 Å². The molecular weight excluding hydrogens is 283 g/mol. The van der Waals surface area contributed by atoms with Gasteiger partial charge < -0.3 is 0 Å². The minimum absolute atomic E-state index is 0.541. The Labute approximate surface area is 94.6 Å². The molecule has 0 aromatic heterocycles. The number of benzene rings is 1. The fraction of sp³-hybridized carbons (Fsp3) is 0.364. The van der Waals surface area contributed by atoms with Gasteiger partial charge in [-0.15, -0.1) is 0 Å². The molecule has 0 aliphatic carbocycles. The number of hydrogen-bond acceptors (Lipinski definition) is 1. The molecule has 0 fully saturated rings. The third-order valence-electron chi connectivity index (χ3n) is 2.30. The summed E-state index contributed by atoms with van der Waals surface area (Å²) in [5, 5.41) is 8.96. The zero-order valence-electron chi connectivity index (χ0n) is 8.49. The van der Waals surface area contributed by atoms with Gasteiger partial charge in [0, 0.05) is 0 Å². The average molecular weight is 299 g/mol. The van der Waals surface area contributed by atoms with Crippen LogP contribution in [0.2, 0.25) is 4.44 Å². The topological polar surface area (TPSA) is 37.3 Å². The number of carbonyl (C=O) groups is 1. The first-order valence-electron chi connectivity index (χ1n) is 5.07. The second-order valence-electron chi connectivity index (χ2n) is 3.42. The van der Waals surface area contributed by atoms with E-state index >= 15 is 0 Å². The van der Waals surface area contributed by atoms with Crippen LogP contribution in [0, 0.1) is 0 Å². The first-order valence-corrected chi connectivity index (χ1v) is 9.94. The maximum atomic E-state index is 10.9. The summed E-state index contributed by atoms with van der Waals surface area (Å²) < 4.78 is 2.44. The Hall–Kier alpha value is -0.511. The van der Waals surface area contributed by atoms with Crippen molar-refractivity contribution in [3.05, 3.63) is 29.8 Å². The number of carboxylic acid groups (broad SMARTS) is 1. The van der Waals surface area contributed by atoms with Gasteiger partial charge in [-0.05, 0) is 0 Å². The summed E-state index contributed by atoms with van der Waals surface area (Å²) in [6, 6.07) is 7.47. The van der Waals surface area contributed by atoms with Gasteiger partial charge in [-0.1, -0.05) is 0 Å². The normalized spacial score (nSPS) is 10.9. The zero-order valence-corrected chi connectivity index (χ0v) is 12.5. The molecule has 0 radical (unpaired) electrons. The molecule has 1 rings (SSSR count). The van der Waals surface area contributed by atoms with E-state index in [4.69, 9.17) is 5.11 Å². The Kier molecular flexibility index (Phi) is 5.01.